The largest absolute Gasteiger partial charge is 0.360 e. The molecule has 9 heteroatoms. The summed E-state index contributed by atoms with van der Waals surface area (Å²) >= 11 is 4.58. The summed E-state index contributed by atoms with van der Waals surface area (Å²) in [5.74, 6) is 0.851. The van der Waals surface area contributed by atoms with Crippen LogP contribution < -0.4 is 10.9 Å². The monoisotopic (exact) mass is 422 g/mol. The lowest BCUT2D eigenvalue weighted by Gasteiger charge is -2.11. The van der Waals surface area contributed by atoms with Crippen LogP contribution in [0.5, 0.6) is 0 Å². The highest BCUT2D eigenvalue weighted by atomic mass is 79.9. The molecular formula is C16H15BrN4O3S. The van der Waals surface area contributed by atoms with Gasteiger partial charge in [-0.15, -0.1) is 0 Å². The van der Waals surface area contributed by atoms with Crippen LogP contribution in [0.3, 0.4) is 0 Å². The molecule has 0 atom stereocenters. The SMILES string of the molecule is CCn1c(SCC(=O)Nc2cc(C)on2)nc2ccc(Br)cc2c1=O. The first-order valence-electron chi connectivity index (χ1n) is 7.54. The molecule has 0 radical (unpaired) electrons. The van der Waals surface area contributed by atoms with Crippen LogP contribution in [-0.4, -0.2) is 26.4 Å². The van der Waals surface area contributed by atoms with Crippen LogP contribution in [0.1, 0.15) is 12.7 Å². The molecule has 2 heterocycles. The summed E-state index contributed by atoms with van der Waals surface area (Å²) < 4.78 is 7.29. The summed E-state index contributed by atoms with van der Waals surface area (Å²) in [6.45, 7) is 4.09. The number of amides is 1. The number of benzene rings is 1. The van der Waals surface area contributed by atoms with E-state index in [9.17, 15) is 9.59 Å². The van der Waals surface area contributed by atoms with E-state index in [4.69, 9.17) is 4.52 Å². The Bertz CT molecular complexity index is 999. The summed E-state index contributed by atoms with van der Waals surface area (Å²) in [7, 11) is 0. The molecule has 0 aliphatic carbocycles. The summed E-state index contributed by atoms with van der Waals surface area (Å²) in [4.78, 5) is 29.2. The van der Waals surface area contributed by atoms with Crippen molar-refractivity contribution >= 4 is 50.3 Å². The zero-order valence-electron chi connectivity index (χ0n) is 13.6. The van der Waals surface area contributed by atoms with E-state index in [1.807, 2.05) is 13.0 Å². The molecule has 7 nitrogen and oxygen atoms in total. The van der Waals surface area contributed by atoms with Crippen LogP contribution in [0.25, 0.3) is 10.9 Å². The first-order valence-corrected chi connectivity index (χ1v) is 9.32. The topological polar surface area (TPSA) is 90.0 Å². The van der Waals surface area contributed by atoms with Crippen molar-refractivity contribution in [3.8, 4) is 0 Å². The van der Waals surface area contributed by atoms with Crippen molar-refractivity contribution in [2.45, 2.75) is 25.5 Å². The number of rotatable bonds is 5. The van der Waals surface area contributed by atoms with E-state index >= 15 is 0 Å². The van der Waals surface area contributed by atoms with Crippen molar-refractivity contribution in [3.05, 3.63) is 44.9 Å². The number of aryl methyl sites for hydroxylation is 1. The molecule has 0 saturated carbocycles. The van der Waals surface area contributed by atoms with E-state index < -0.39 is 0 Å². The first-order chi connectivity index (χ1) is 12.0. The molecule has 0 aliphatic heterocycles. The second-order valence-corrected chi connectivity index (χ2v) is 7.12. The number of hydrogen-bond donors (Lipinski definition) is 1. The number of thioether (sulfide) groups is 1. The van der Waals surface area contributed by atoms with Crippen LogP contribution in [0, 0.1) is 6.92 Å². The van der Waals surface area contributed by atoms with Crippen LogP contribution in [0.15, 0.2) is 43.2 Å². The van der Waals surface area contributed by atoms with Crippen LogP contribution >= 0.6 is 27.7 Å². The molecule has 3 aromatic rings. The number of nitrogens with one attached hydrogen (secondary N) is 1. The molecule has 25 heavy (non-hydrogen) atoms. The van der Waals surface area contributed by atoms with Crippen LogP contribution in [0.4, 0.5) is 5.82 Å². The summed E-state index contributed by atoms with van der Waals surface area (Å²) in [6.07, 6.45) is 0. The van der Waals surface area contributed by atoms with Gasteiger partial charge < -0.3 is 9.84 Å². The lowest BCUT2D eigenvalue weighted by atomic mass is 10.2. The Balaban J connectivity index is 1.82. The molecule has 0 fully saturated rings. The van der Waals surface area contributed by atoms with Crippen molar-refractivity contribution in [3.63, 3.8) is 0 Å². The van der Waals surface area contributed by atoms with Gasteiger partial charge in [-0.05, 0) is 32.0 Å². The zero-order valence-corrected chi connectivity index (χ0v) is 16.0. The Morgan fingerprint density at radius 3 is 2.88 bits per heavy atom. The van der Waals surface area contributed by atoms with E-state index in [2.05, 4.69) is 31.4 Å². The normalized spacial score (nSPS) is 11.0. The van der Waals surface area contributed by atoms with Gasteiger partial charge >= 0.3 is 0 Å². The highest BCUT2D eigenvalue weighted by molar-refractivity contribution is 9.10. The predicted octanol–water partition coefficient (Wildman–Crippen LogP) is 3.21. The van der Waals surface area contributed by atoms with Gasteiger partial charge in [-0.2, -0.15) is 0 Å². The standard InChI is InChI=1S/C16H15BrN4O3S/c1-3-21-15(23)11-7-10(17)4-5-12(11)18-16(21)25-8-14(22)19-13-6-9(2)24-20-13/h4-7H,3,8H2,1-2H3,(H,19,20,22). The molecular weight excluding hydrogens is 408 g/mol. The number of fused-ring (bicyclic) bond motifs is 1. The Morgan fingerprint density at radius 1 is 1.40 bits per heavy atom. The molecule has 3 rings (SSSR count). The number of carbonyl (C=O) groups is 1. The van der Waals surface area contributed by atoms with Gasteiger partial charge in [0.05, 0.1) is 16.7 Å². The molecule has 130 valence electrons. The number of carbonyl (C=O) groups excluding carboxylic acids is 1. The molecule has 0 aliphatic rings. The summed E-state index contributed by atoms with van der Waals surface area (Å²) in [5.41, 5.74) is 0.483. The van der Waals surface area contributed by atoms with Gasteiger partial charge in [0.2, 0.25) is 5.91 Å². The molecule has 1 aromatic carbocycles. The highest BCUT2D eigenvalue weighted by Crippen LogP contribution is 2.21. The first kappa shape index (κ1) is 17.7. The minimum absolute atomic E-state index is 0.111. The Labute approximate surface area is 155 Å². The van der Waals surface area contributed by atoms with Gasteiger partial charge in [0, 0.05) is 17.1 Å². The van der Waals surface area contributed by atoms with E-state index in [-0.39, 0.29) is 17.2 Å². The lowest BCUT2D eigenvalue weighted by Crippen LogP contribution is -2.23. The van der Waals surface area contributed by atoms with E-state index in [0.29, 0.717) is 34.2 Å². The number of halogens is 1. The fourth-order valence-corrected chi connectivity index (χ4v) is 3.52. The summed E-state index contributed by atoms with van der Waals surface area (Å²) in [6, 6.07) is 7.00. The van der Waals surface area contributed by atoms with Crippen LogP contribution in [0.2, 0.25) is 0 Å². The predicted molar refractivity (Wildman–Crippen MR) is 100.0 cm³/mol. The molecule has 0 spiro atoms. The van der Waals surface area contributed by atoms with Crippen molar-refractivity contribution in [2.75, 3.05) is 11.1 Å². The average Bonchev–Trinajstić information content (AvgIpc) is 2.98. The van der Waals surface area contributed by atoms with Crippen molar-refractivity contribution in [1.29, 1.82) is 0 Å². The van der Waals surface area contributed by atoms with Gasteiger partial charge in [0.25, 0.3) is 5.56 Å². The second kappa shape index (κ2) is 7.40. The lowest BCUT2D eigenvalue weighted by molar-refractivity contribution is -0.113. The number of aromatic nitrogens is 3. The highest BCUT2D eigenvalue weighted by Gasteiger charge is 2.13. The maximum absolute atomic E-state index is 12.6. The van der Waals surface area contributed by atoms with Crippen molar-refractivity contribution in [2.24, 2.45) is 0 Å². The molecule has 0 unspecified atom stereocenters. The second-order valence-electron chi connectivity index (χ2n) is 5.26. The maximum Gasteiger partial charge on any atom is 0.262 e. The minimum atomic E-state index is -0.244. The number of hydrogen-bond acceptors (Lipinski definition) is 6. The zero-order chi connectivity index (χ0) is 18.0. The third kappa shape index (κ3) is 3.93. The van der Waals surface area contributed by atoms with E-state index in [1.54, 1.807) is 29.7 Å². The van der Waals surface area contributed by atoms with Gasteiger partial charge in [-0.1, -0.05) is 32.8 Å². The number of anilines is 1. The van der Waals surface area contributed by atoms with E-state index in [1.165, 1.54) is 11.8 Å². The Morgan fingerprint density at radius 2 is 2.20 bits per heavy atom. The van der Waals surface area contributed by atoms with Gasteiger partial charge in [0.1, 0.15) is 5.76 Å². The maximum atomic E-state index is 12.6. The van der Waals surface area contributed by atoms with Crippen LogP contribution in [-0.2, 0) is 11.3 Å². The number of nitrogens with zero attached hydrogens (tertiary/aromatic N) is 3. The quantitative estimate of drug-likeness (QED) is 0.501. The molecule has 0 bridgehead atoms. The van der Waals surface area contributed by atoms with Gasteiger partial charge in [-0.3, -0.25) is 14.2 Å². The summed E-state index contributed by atoms with van der Waals surface area (Å²) in [5, 5.41) is 7.41. The fourth-order valence-electron chi connectivity index (χ4n) is 2.30. The third-order valence-corrected chi connectivity index (χ3v) is 4.89. The van der Waals surface area contributed by atoms with Gasteiger partial charge in [0.15, 0.2) is 11.0 Å². The van der Waals surface area contributed by atoms with Crippen molar-refractivity contribution < 1.29 is 9.32 Å². The molecule has 2 aromatic heterocycles. The Kier molecular flexibility index (Phi) is 5.24. The fraction of sp³-hybridized carbons (Fsp3) is 0.250. The average molecular weight is 423 g/mol. The molecule has 1 amide bonds. The smallest absolute Gasteiger partial charge is 0.262 e. The molecule has 1 N–H and O–H groups in total. The molecule has 0 saturated heterocycles. The van der Waals surface area contributed by atoms with Gasteiger partial charge in [-0.25, -0.2) is 4.98 Å². The third-order valence-electron chi connectivity index (χ3n) is 3.43. The van der Waals surface area contributed by atoms with E-state index in [0.717, 1.165) is 4.47 Å². The Hall–Kier alpha value is -2.13. The van der Waals surface area contributed by atoms with Crippen molar-refractivity contribution in [1.82, 2.24) is 14.7 Å². The minimum Gasteiger partial charge on any atom is -0.360 e.